The Balaban J connectivity index is 1.93. The van der Waals surface area contributed by atoms with E-state index in [1.54, 1.807) is 19.1 Å². The third-order valence-electron chi connectivity index (χ3n) is 3.73. The Morgan fingerprint density at radius 2 is 2.00 bits per heavy atom. The highest BCUT2D eigenvalue weighted by atomic mass is 16.4. The number of carbonyl (C=O) groups excluding carboxylic acids is 1. The fourth-order valence-electron chi connectivity index (χ4n) is 2.68. The lowest BCUT2D eigenvalue weighted by Gasteiger charge is -2.32. The molecule has 1 aromatic heterocycles. The largest absolute Gasteiger partial charge is 0.481 e. The maximum absolute atomic E-state index is 12.4. The second-order valence-corrected chi connectivity index (χ2v) is 5.19. The van der Waals surface area contributed by atoms with Gasteiger partial charge in [0.2, 0.25) is 0 Å². The van der Waals surface area contributed by atoms with Crippen molar-refractivity contribution in [2.75, 3.05) is 6.54 Å². The number of fused-ring (bicyclic) bond motifs is 1. The zero-order chi connectivity index (χ0) is 15.0. The monoisotopic (exact) mass is 285 g/mol. The molecule has 3 rings (SSSR count). The van der Waals surface area contributed by atoms with Crippen LogP contribution in [0.5, 0.6) is 0 Å². The minimum atomic E-state index is -0.921. The molecule has 5 heteroatoms. The van der Waals surface area contributed by atoms with Gasteiger partial charge in [-0.3, -0.25) is 9.59 Å². The first-order chi connectivity index (χ1) is 10.1. The van der Waals surface area contributed by atoms with Crippen molar-refractivity contribution in [3.8, 4) is 0 Å². The average Bonchev–Trinajstić information content (AvgIpc) is 2.91. The van der Waals surface area contributed by atoms with Crippen molar-refractivity contribution < 1.29 is 19.1 Å². The summed E-state index contributed by atoms with van der Waals surface area (Å²) in [5, 5.41) is 9.40. The molecule has 2 aromatic rings. The molecule has 0 aliphatic carbocycles. The van der Waals surface area contributed by atoms with Gasteiger partial charge in [0, 0.05) is 13.1 Å². The summed E-state index contributed by atoms with van der Waals surface area (Å²) < 4.78 is 5.34. The molecule has 21 heavy (non-hydrogen) atoms. The SMILES string of the molecule is Cc1ccc(C(=O)N2Cc3ccccc3C(C(=O)O)C2)o1. The first-order valence-corrected chi connectivity index (χ1v) is 6.72. The molecule has 108 valence electrons. The Labute approximate surface area is 121 Å². The van der Waals surface area contributed by atoms with Gasteiger partial charge in [-0.1, -0.05) is 24.3 Å². The minimum absolute atomic E-state index is 0.158. The zero-order valence-electron chi connectivity index (χ0n) is 11.6. The molecular weight excluding hydrogens is 270 g/mol. The standard InChI is InChI=1S/C16H15NO4/c1-10-6-7-14(21-10)15(18)17-8-11-4-2-3-5-12(11)13(9-17)16(19)20/h2-7,13H,8-9H2,1H3,(H,19,20). The summed E-state index contributed by atoms with van der Waals surface area (Å²) >= 11 is 0. The average molecular weight is 285 g/mol. The van der Waals surface area contributed by atoms with E-state index in [1.807, 2.05) is 24.3 Å². The van der Waals surface area contributed by atoms with Gasteiger partial charge in [-0.15, -0.1) is 0 Å². The normalized spacial score (nSPS) is 17.4. The molecule has 2 heterocycles. The molecule has 0 saturated carbocycles. The smallest absolute Gasteiger partial charge is 0.312 e. The van der Waals surface area contributed by atoms with Crippen LogP contribution in [0, 0.1) is 6.92 Å². The summed E-state index contributed by atoms with van der Waals surface area (Å²) in [5.41, 5.74) is 1.65. The number of benzene rings is 1. The number of carbonyl (C=O) groups is 2. The summed E-state index contributed by atoms with van der Waals surface area (Å²) in [4.78, 5) is 25.4. The van der Waals surface area contributed by atoms with Gasteiger partial charge in [0.1, 0.15) is 5.76 Å². The van der Waals surface area contributed by atoms with E-state index >= 15 is 0 Å². The quantitative estimate of drug-likeness (QED) is 0.919. The molecular formula is C16H15NO4. The third-order valence-corrected chi connectivity index (χ3v) is 3.73. The van der Waals surface area contributed by atoms with Crippen LogP contribution < -0.4 is 0 Å². The van der Waals surface area contributed by atoms with Crippen molar-refractivity contribution in [2.45, 2.75) is 19.4 Å². The number of amides is 1. The summed E-state index contributed by atoms with van der Waals surface area (Å²) in [7, 11) is 0. The first kappa shape index (κ1) is 13.4. The van der Waals surface area contributed by atoms with Crippen molar-refractivity contribution in [1.29, 1.82) is 0 Å². The second-order valence-electron chi connectivity index (χ2n) is 5.19. The lowest BCUT2D eigenvalue weighted by molar-refractivity contribution is -0.139. The third kappa shape index (κ3) is 2.42. The van der Waals surface area contributed by atoms with Crippen molar-refractivity contribution in [3.63, 3.8) is 0 Å². The number of furan rings is 1. The molecule has 1 atom stereocenters. The predicted molar refractivity (Wildman–Crippen MR) is 75.0 cm³/mol. The van der Waals surface area contributed by atoms with Crippen LogP contribution in [0.3, 0.4) is 0 Å². The number of carboxylic acids is 1. The number of hydrogen-bond acceptors (Lipinski definition) is 3. The molecule has 1 aliphatic rings. The van der Waals surface area contributed by atoms with Gasteiger partial charge in [-0.05, 0) is 30.2 Å². The van der Waals surface area contributed by atoms with Gasteiger partial charge < -0.3 is 14.4 Å². The molecule has 0 spiro atoms. The van der Waals surface area contributed by atoms with Crippen LogP contribution in [0.1, 0.15) is 33.4 Å². The fourth-order valence-corrected chi connectivity index (χ4v) is 2.68. The summed E-state index contributed by atoms with van der Waals surface area (Å²) in [6.07, 6.45) is 0. The Morgan fingerprint density at radius 1 is 1.24 bits per heavy atom. The lowest BCUT2D eigenvalue weighted by Crippen LogP contribution is -2.40. The molecule has 1 N–H and O–H groups in total. The van der Waals surface area contributed by atoms with Crippen LogP contribution >= 0.6 is 0 Å². The van der Waals surface area contributed by atoms with Crippen LogP contribution in [0.2, 0.25) is 0 Å². The summed E-state index contributed by atoms with van der Waals surface area (Å²) in [5.74, 6) is -0.990. The Kier molecular flexibility index (Phi) is 3.25. The molecule has 1 aromatic carbocycles. The van der Waals surface area contributed by atoms with Crippen LogP contribution in [0.25, 0.3) is 0 Å². The number of hydrogen-bond donors (Lipinski definition) is 1. The number of nitrogens with zero attached hydrogens (tertiary/aromatic N) is 1. The summed E-state index contributed by atoms with van der Waals surface area (Å²) in [6.45, 7) is 2.33. The first-order valence-electron chi connectivity index (χ1n) is 6.72. The summed E-state index contributed by atoms with van der Waals surface area (Å²) in [6, 6.07) is 10.7. The predicted octanol–water partition coefficient (Wildman–Crippen LogP) is 2.41. The van der Waals surface area contributed by atoms with Crippen LogP contribution in [0.15, 0.2) is 40.8 Å². The number of carboxylic acid groups (broad SMARTS) is 1. The highest BCUT2D eigenvalue weighted by molar-refractivity contribution is 5.92. The molecule has 0 radical (unpaired) electrons. The van der Waals surface area contributed by atoms with E-state index in [-0.39, 0.29) is 18.2 Å². The van der Waals surface area contributed by atoms with E-state index in [2.05, 4.69) is 0 Å². The van der Waals surface area contributed by atoms with Crippen LogP contribution in [-0.2, 0) is 11.3 Å². The van der Waals surface area contributed by atoms with Gasteiger partial charge in [0.05, 0.1) is 5.92 Å². The van der Waals surface area contributed by atoms with E-state index in [0.29, 0.717) is 12.3 Å². The second kappa shape index (κ2) is 5.09. The fraction of sp³-hybridized carbons (Fsp3) is 0.250. The maximum atomic E-state index is 12.4. The number of rotatable bonds is 2. The highest BCUT2D eigenvalue weighted by Gasteiger charge is 2.33. The van der Waals surface area contributed by atoms with E-state index in [1.165, 1.54) is 4.90 Å². The Morgan fingerprint density at radius 3 is 2.67 bits per heavy atom. The Bertz CT molecular complexity index is 704. The van der Waals surface area contributed by atoms with Crippen molar-refractivity contribution in [1.82, 2.24) is 4.90 Å². The zero-order valence-corrected chi connectivity index (χ0v) is 11.6. The minimum Gasteiger partial charge on any atom is -0.481 e. The molecule has 0 fully saturated rings. The van der Waals surface area contributed by atoms with E-state index < -0.39 is 11.9 Å². The van der Waals surface area contributed by atoms with Crippen LogP contribution in [0.4, 0.5) is 0 Å². The van der Waals surface area contributed by atoms with E-state index in [0.717, 1.165) is 11.1 Å². The molecule has 5 nitrogen and oxygen atoms in total. The molecule has 1 aliphatic heterocycles. The van der Waals surface area contributed by atoms with E-state index in [9.17, 15) is 14.7 Å². The molecule has 1 unspecified atom stereocenters. The molecule has 0 bridgehead atoms. The van der Waals surface area contributed by atoms with Gasteiger partial charge in [0.25, 0.3) is 5.91 Å². The van der Waals surface area contributed by atoms with Gasteiger partial charge in [0.15, 0.2) is 5.76 Å². The van der Waals surface area contributed by atoms with Crippen molar-refractivity contribution in [2.24, 2.45) is 0 Å². The molecule has 0 saturated heterocycles. The van der Waals surface area contributed by atoms with Gasteiger partial charge >= 0.3 is 5.97 Å². The number of aryl methyl sites for hydroxylation is 1. The van der Waals surface area contributed by atoms with Crippen molar-refractivity contribution in [3.05, 3.63) is 59.0 Å². The van der Waals surface area contributed by atoms with Crippen LogP contribution in [-0.4, -0.2) is 28.4 Å². The Hall–Kier alpha value is -2.56. The maximum Gasteiger partial charge on any atom is 0.312 e. The molecule has 1 amide bonds. The number of aliphatic carboxylic acids is 1. The van der Waals surface area contributed by atoms with E-state index in [4.69, 9.17) is 4.42 Å². The topological polar surface area (TPSA) is 70.8 Å². The van der Waals surface area contributed by atoms with Gasteiger partial charge in [-0.25, -0.2) is 0 Å². The van der Waals surface area contributed by atoms with Crippen molar-refractivity contribution >= 4 is 11.9 Å². The lowest BCUT2D eigenvalue weighted by atomic mass is 9.89. The van der Waals surface area contributed by atoms with Gasteiger partial charge in [-0.2, -0.15) is 0 Å². The highest BCUT2D eigenvalue weighted by Crippen LogP contribution is 2.29.